The fourth-order valence-corrected chi connectivity index (χ4v) is 2.27. The second-order valence-corrected chi connectivity index (χ2v) is 4.83. The van der Waals surface area contributed by atoms with E-state index in [9.17, 15) is 4.39 Å². The van der Waals surface area contributed by atoms with Gasteiger partial charge in [-0.05, 0) is 31.2 Å². The SMILES string of the molecule is CCOCc1nc(N)cc(Sc2ccc(F)cc2)n1. The van der Waals surface area contributed by atoms with Gasteiger partial charge in [-0.15, -0.1) is 0 Å². The lowest BCUT2D eigenvalue weighted by Gasteiger charge is -2.05. The van der Waals surface area contributed by atoms with E-state index in [2.05, 4.69) is 9.97 Å². The fourth-order valence-electron chi connectivity index (χ4n) is 1.43. The number of aromatic nitrogens is 2. The molecule has 0 spiro atoms. The van der Waals surface area contributed by atoms with Crippen molar-refractivity contribution >= 4 is 17.6 Å². The van der Waals surface area contributed by atoms with Gasteiger partial charge in [0.05, 0.1) is 0 Å². The van der Waals surface area contributed by atoms with Crippen molar-refractivity contribution in [3.05, 3.63) is 42.0 Å². The molecular weight excluding hydrogens is 265 g/mol. The third-order valence-corrected chi connectivity index (χ3v) is 3.17. The van der Waals surface area contributed by atoms with E-state index in [1.165, 1.54) is 23.9 Å². The van der Waals surface area contributed by atoms with Crippen molar-refractivity contribution in [2.75, 3.05) is 12.3 Å². The van der Waals surface area contributed by atoms with Gasteiger partial charge < -0.3 is 10.5 Å². The molecule has 0 atom stereocenters. The number of hydrogen-bond donors (Lipinski definition) is 1. The van der Waals surface area contributed by atoms with Crippen LogP contribution < -0.4 is 5.73 Å². The van der Waals surface area contributed by atoms with Crippen LogP contribution in [0, 0.1) is 5.82 Å². The van der Waals surface area contributed by atoms with Crippen LogP contribution in [-0.4, -0.2) is 16.6 Å². The maximum absolute atomic E-state index is 12.8. The summed E-state index contributed by atoms with van der Waals surface area (Å²) in [6.07, 6.45) is 0. The number of nitrogens with two attached hydrogens (primary N) is 1. The van der Waals surface area contributed by atoms with Crippen LogP contribution in [0.2, 0.25) is 0 Å². The smallest absolute Gasteiger partial charge is 0.157 e. The maximum Gasteiger partial charge on any atom is 0.157 e. The van der Waals surface area contributed by atoms with E-state index in [0.29, 0.717) is 29.9 Å². The number of halogens is 1. The van der Waals surface area contributed by atoms with Gasteiger partial charge in [0.15, 0.2) is 5.82 Å². The van der Waals surface area contributed by atoms with Gasteiger partial charge in [0, 0.05) is 17.6 Å². The van der Waals surface area contributed by atoms with E-state index >= 15 is 0 Å². The van der Waals surface area contributed by atoms with Gasteiger partial charge in [-0.3, -0.25) is 0 Å². The van der Waals surface area contributed by atoms with Gasteiger partial charge in [0.2, 0.25) is 0 Å². The number of nitrogen functional groups attached to an aromatic ring is 1. The molecule has 2 aromatic rings. The lowest BCUT2D eigenvalue weighted by molar-refractivity contribution is 0.128. The van der Waals surface area contributed by atoms with Crippen LogP contribution in [0.4, 0.5) is 10.2 Å². The highest BCUT2D eigenvalue weighted by Crippen LogP contribution is 2.27. The summed E-state index contributed by atoms with van der Waals surface area (Å²) < 4.78 is 18.1. The Kier molecular flexibility index (Phi) is 4.70. The maximum atomic E-state index is 12.8. The Balaban J connectivity index is 2.15. The van der Waals surface area contributed by atoms with Gasteiger partial charge in [0.1, 0.15) is 23.3 Å². The number of ether oxygens (including phenoxy) is 1. The summed E-state index contributed by atoms with van der Waals surface area (Å²) >= 11 is 1.40. The summed E-state index contributed by atoms with van der Waals surface area (Å²) in [6, 6.07) is 7.90. The molecule has 2 N–H and O–H groups in total. The van der Waals surface area contributed by atoms with Crippen LogP contribution >= 0.6 is 11.8 Å². The zero-order valence-electron chi connectivity index (χ0n) is 10.5. The minimum Gasteiger partial charge on any atom is -0.384 e. The van der Waals surface area contributed by atoms with Crippen LogP contribution in [0.5, 0.6) is 0 Å². The Morgan fingerprint density at radius 1 is 1.26 bits per heavy atom. The first-order chi connectivity index (χ1) is 9.17. The molecule has 1 heterocycles. The quantitative estimate of drug-likeness (QED) is 0.853. The summed E-state index contributed by atoms with van der Waals surface area (Å²) in [5.74, 6) is 0.685. The predicted octanol–water partition coefficient (Wildman–Crippen LogP) is 2.89. The molecule has 0 amide bonds. The van der Waals surface area contributed by atoms with Gasteiger partial charge in [0.25, 0.3) is 0 Å². The molecule has 1 aromatic carbocycles. The van der Waals surface area contributed by atoms with Gasteiger partial charge in [-0.2, -0.15) is 0 Å². The number of benzene rings is 1. The van der Waals surface area contributed by atoms with Crippen LogP contribution in [0.25, 0.3) is 0 Å². The summed E-state index contributed by atoms with van der Waals surface area (Å²) in [5, 5.41) is 0.716. The van der Waals surface area contributed by atoms with Crippen LogP contribution in [-0.2, 0) is 11.3 Å². The molecule has 6 heteroatoms. The average Bonchev–Trinajstić information content (AvgIpc) is 2.38. The van der Waals surface area contributed by atoms with Crippen molar-refractivity contribution < 1.29 is 9.13 Å². The minimum atomic E-state index is -0.261. The molecule has 0 fully saturated rings. The predicted molar refractivity (Wildman–Crippen MR) is 72.3 cm³/mol. The molecule has 19 heavy (non-hydrogen) atoms. The summed E-state index contributed by atoms with van der Waals surface area (Å²) in [7, 11) is 0. The largest absolute Gasteiger partial charge is 0.384 e. The molecular formula is C13H14FN3OS. The highest BCUT2D eigenvalue weighted by Gasteiger charge is 2.05. The summed E-state index contributed by atoms with van der Waals surface area (Å²) in [5.41, 5.74) is 5.73. The molecule has 0 aliphatic heterocycles. The van der Waals surface area contributed by atoms with Crippen molar-refractivity contribution in [2.24, 2.45) is 0 Å². The second-order valence-electron chi connectivity index (χ2n) is 3.74. The Labute approximate surface area is 115 Å². The van der Waals surface area contributed by atoms with Gasteiger partial charge >= 0.3 is 0 Å². The lowest BCUT2D eigenvalue weighted by Crippen LogP contribution is -2.03. The fraction of sp³-hybridized carbons (Fsp3) is 0.231. The van der Waals surface area contributed by atoms with E-state index in [4.69, 9.17) is 10.5 Å². The number of rotatable bonds is 5. The van der Waals surface area contributed by atoms with Crippen molar-refractivity contribution in [3.8, 4) is 0 Å². The topological polar surface area (TPSA) is 61.0 Å². The molecule has 0 aliphatic rings. The van der Waals surface area contributed by atoms with Crippen LogP contribution in [0.1, 0.15) is 12.7 Å². The first-order valence-corrected chi connectivity index (χ1v) is 6.63. The van der Waals surface area contributed by atoms with E-state index in [0.717, 1.165) is 4.90 Å². The first-order valence-electron chi connectivity index (χ1n) is 5.82. The van der Waals surface area contributed by atoms with E-state index in [1.807, 2.05) is 6.92 Å². The van der Waals surface area contributed by atoms with Crippen molar-refractivity contribution in [3.63, 3.8) is 0 Å². The molecule has 0 aliphatic carbocycles. The number of hydrogen-bond acceptors (Lipinski definition) is 5. The van der Waals surface area contributed by atoms with Gasteiger partial charge in [-0.25, -0.2) is 14.4 Å². The highest BCUT2D eigenvalue weighted by molar-refractivity contribution is 7.99. The highest BCUT2D eigenvalue weighted by atomic mass is 32.2. The Morgan fingerprint density at radius 3 is 2.68 bits per heavy atom. The van der Waals surface area contributed by atoms with Crippen molar-refractivity contribution in [2.45, 2.75) is 23.5 Å². The summed E-state index contributed by atoms with van der Waals surface area (Å²) in [4.78, 5) is 9.33. The normalized spacial score (nSPS) is 10.6. The third kappa shape index (κ3) is 4.18. The van der Waals surface area contributed by atoms with Crippen molar-refractivity contribution in [1.82, 2.24) is 9.97 Å². The molecule has 0 saturated carbocycles. The molecule has 0 radical (unpaired) electrons. The first kappa shape index (κ1) is 13.8. The monoisotopic (exact) mass is 279 g/mol. The van der Waals surface area contributed by atoms with E-state index < -0.39 is 0 Å². The molecule has 1 aromatic heterocycles. The molecule has 0 unspecified atom stereocenters. The van der Waals surface area contributed by atoms with Crippen molar-refractivity contribution in [1.29, 1.82) is 0 Å². The third-order valence-electron chi connectivity index (χ3n) is 2.24. The second kappa shape index (κ2) is 6.49. The van der Waals surface area contributed by atoms with Crippen LogP contribution in [0.15, 0.2) is 40.3 Å². The average molecular weight is 279 g/mol. The van der Waals surface area contributed by atoms with Crippen LogP contribution in [0.3, 0.4) is 0 Å². The van der Waals surface area contributed by atoms with E-state index in [-0.39, 0.29) is 5.82 Å². The minimum absolute atomic E-state index is 0.261. The van der Waals surface area contributed by atoms with E-state index in [1.54, 1.807) is 18.2 Å². The molecule has 100 valence electrons. The molecule has 0 saturated heterocycles. The Morgan fingerprint density at radius 2 is 2.00 bits per heavy atom. The number of nitrogens with zero attached hydrogens (tertiary/aromatic N) is 2. The number of anilines is 1. The molecule has 2 rings (SSSR count). The lowest BCUT2D eigenvalue weighted by atomic mass is 10.4. The zero-order valence-corrected chi connectivity index (χ0v) is 11.3. The standard InChI is InChI=1S/C13H14FN3OS/c1-2-18-8-12-16-11(15)7-13(17-12)19-10-5-3-9(14)4-6-10/h3-7H,2,8H2,1H3,(H2,15,16,17). The summed E-state index contributed by atoms with van der Waals surface area (Å²) in [6.45, 7) is 2.83. The Hall–Kier alpha value is -1.66. The molecule has 0 bridgehead atoms. The zero-order chi connectivity index (χ0) is 13.7. The van der Waals surface area contributed by atoms with Gasteiger partial charge in [-0.1, -0.05) is 11.8 Å². The molecule has 4 nitrogen and oxygen atoms in total. The Bertz CT molecular complexity index is 548.